The molecule has 14 heavy (non-hydrogen) atoms. The van der Waals surface area contributed by atoms with Crippen LogP contribution in [0.25, 0.3) is 6.08 Å². The van der Waals surface area contributed by atoms with Gasteiger partial charge in [-0.25, -0.2) is 4.79 Å². The first kappa shape index (κ1) is 10.5. The third kappa shape index (κ3) is 3.41. The fourth-order valence-electron chi connectivity index (χ4n) is 0.952. The summed E-state index contributed by atoms with van der Waals surface area (Å²) >= 11 is 0. The SMILES string of the molecule is COOC(=O)C=Cc1ccc(C)cc1. The Morgan fingerprint density at radius 2 is 1.93 bits per heavy atom. The molecule has 0 unspecified atom stereocenters. The van der Waals surface area contributed by atoms with E-state index in [2.05, 4.69) is 9.78 Å². The van der Waals surface area contributed by atoms with E-state index in [1.165, 1.54) is 18.7 Å². The summed E-state index contributed by atoms with van der Waals surface area (Å²) in [6.07, 6.45) is 2.98. The maximum Gasteiger partial charge on any atom is 0.365 e. The first-order valence-corrected chi connectivity index (χ1v) is 4.22. The van der Waals surface area contributed by atoms with Crippen LogP contribution in [0.3, 0.4) is 0 Å². The van der Waals surface area contributed by atoms with E-state index in [0.29, 0.717) is 0 Å². The van der Waals surface area contributed by atoms with Crippen molar-refractivity contribution in [3.8, 4) is 0 Å². The van der Waals surface area contributed by atoms with Crippen molar-refractivity contribution in [2.45, 2.75) is 6.92 Å². The van der Waals surface area contributed by atoms with E-state index in [1.54, 1.807) is 6.08 Å². The zero-order chi connectivity index (χ0) is 10.4. The molecule has 3 nitrogen and oxygen atoms in total. The van der Waals surface area contributed by atoms with Crippen LogP contribution in [0.1, 0.15) is 11.1 Å². The van der Waals surface area contributed by atoms with Crippen molar-refractivity contribution in [2.24, 2.45) is 0 Å². The Labute approximate surface area is 82.9 Å². The van der Waals surface area contributed by atoms with Gasteiger partial charge >= 0.3 is 5.97 Å². The Balaban J connectivity index is 2.60. The summed E-state index contributed by atoms with van der Waals surface area (Å²) in [5.74, 6) is -0.520. The van der Waals surface area contributed by atoms with Gasteiger partial charge in [0, 0.05) is 6.08 Å². The summed E-state index contributed by atoms with van der Waals surface area (Å²) in [5.41, 5.74) is 2.13. The zero-order valence-corrected chi connectivity index (χ0v) is 8.19. The Bertz CT molecular complexity index is 325. The normalized spacial score (nSPS) is 10.4. The molecule has 0 saturated heterocycles. The van der Waals surface area contributed by atoms with Crippen LogP contribution in [-0.4, -0.2) is 13.1 Å². The Hall–Kier alpha value is -1.61. The van der Waals surface area contributed by atoms with Crippen LogP contribution >= 0.6 is 0 Å². The Morgan fingerprint density at radius 1 is 1.29 bits per heavy atom. The summed E-state index contributed by atoms with van der Waals surface area (Å²) in [5, 5.41) is 0. The summed E-state index contributed by atoms with van der Waals surface area (Å²) in [6, 6.07) is 7.79. The third-order valence-electron chi connectivity index (χ3n) is 1.65. The third-order valence-corrected chi connectivity index (χ3v) is 1.65. The van der Waals surface area contributed by atoms with Crippen molar-refractivity contribution in [2.75, 3.05) is 7.11 Å². The molecular weight excluding hydrogens is 180 g/mol. The first-order valence-electron chi connectivity index (χ1n) is 4.22. The largest absolute Gasteiger partial charge is 0.365 e. The highest BCUT2D eigenvalue weighted by molar-refractivity contribution is 5.86. The highest BCUT2D eigenvalue weighted by Gasteiger charge is 1.94. The molecule has 0 heterocycles. The van der Waals surface area contributed by atoms with Crippen LogP contribution in [-0.2, 0) is 14.6 Å². The van der Waals surface area contributed by atoms with Crippen molar-refractivity contribution < 1.29 is 14.6 Å². The van der Waals surface area contributed by atoms with E-state index < -0.39 is 5.97 Å². The standard InChI is InChI=1S/C11H12O3/c1-9-3-5-10(6-4-9)7-8-11(12)14-13-2/h3-8H,1-2H3. The van der Waals surface area contributed by atoms with E-state index in [9.17, 15) is 4.79 Å². The molecule has 0 bridgehead atoms. The lowest BCUT2D eigenvalue weighted by Gasteiger charge is -1.95. The maximum atomic E-state index is 10.8. The van der Waals surface area contributed by atoms with Crippen molar-refractivity contribution >= 4 is 12.0 Å². The van der Waals surface area contributed by atoms with Gasteiger partial charge in [-0.15, -0.1) is 0 Å². The first-order chi connectivity index (χ1) is 6.72. The summed E-state index contributed by atoms with van der Waals surface area (Å²) in [6.45, 7) is 2.01. The topological polar surface area (TPSA) is 35.5 Å². The second-order valence-corrected chi connectivity index (χ2v) is 2.81. The molecule has 3 heteroatoms. The molecule has 0 aliphatic rings. The van der Waals surface area contributed by atoms with Gasteiger partial charge in [0.1, 0.15) is 0 Å². The van der Waals surface area contributed by atoms with Crippen LogP contribution in [0.15, 0.2) is 30.3 Å². The van der Waals surface area contributed by atoms with Gasteiger partial charge in [0.15, 0.2) is 0 Å². The second kappa shape index (κ2) is 5.19. The van der Waals surface area contributed by atoms with Crippen molar-refractivity contribution in [3.63, 3.8) is 0 Å². The average Bonchev–Trinajstić information content (AvgIpc) is 2.17. The minimum absolute atomic E-state index is 0.520. The van der Waals surface area contributed by atoms with Gasteiger partial charge < -0.3 is 0 Å². The zero-order valence-electron chi connectivity index (χ0n) is 8.19. The molecule has 0 amide bonds. The van der Waals surface area contributed by atoms with Crippen LogP contribution in [0.5, 0.6) is 0 Å². The molecule has 1 rings (SSSR count). The smallest absolute Gasteiger partial charge is 0.294 e. The molecule has 0 aliphatic heterocycles. The number of aryl methyl sites for hydroxylation is 1. The van der Waals surface area contributed by atoms with Crippen molar-refractivity contribution in [1.82, 2.24) is 0 Å². The molecule has 0 saturated carbocycles. The number of hydrogen-bond donors (Lipinski definition) is 0. The number of rotatable bonds is 3. The molecule has 0 aromatic heterocycles. The maximum absolute atomic E-state index is 10.8. The summed E-state index contributed by atoms with van der Waals surface area (Å²) in [7, 11) is 1.29. The molecular formula is C11H12O3. The monoisotopic (exact) mass is 192 g/mol. The Morgan fingerprint density at radius 3 is 2.50 bits per heavy atom. The minimum atomic E-state index is -0.520. The quantitative estimate of drug-likeness (QED) is 0.418. The molecule has 0 spiro atoms. The molecule has 0 N–H and O–H groups in total. The van der Waals surface area contributed by atoms with E-state index in [4.69, 9.17) is 0 Å². The van der Waals surface area contributed by atoms with Gasteiger partial charge in [0.2, 0.25) is 0 Å². The lowest BCUT2D eigenvalue weighted by molar-refractivity contribution is -0.249. The van der Waals surface area contributed by atoms with Crippen LogP contribution < -0.4 is 0 Å². The molecule has 0 atom stereocenters. The molecule has 0 radical (unpaired) electrons. The Kier molecular flexibility index (Phi) is 3.88. The highest BCUT2D eigenvalue weighted by atomic mass is 17.2. The summed E-state index contributed by atoms with van der Waals surface area (Å²) < 4.78 is 0. The van der Waals surface area contributed by atoms with E-state index in [1.807, 2.05) is 31.2 Å². The predicted octanol–water partition coefficient (Wildman–Crippen LogP) is 2.11. The van der Waals surface area contributed by atoms with E-state index >= 15 is 0 Å². The predicted molar refractivity (Wildman–Crippen MR) is 53.3 cm³/mol. The second-order valence-electron chi connectivity index (χ2n) is 2.81. The van der Waals surface area contributed by atoms with Crippen LogP contribution in [0, 0.1) is 6.92 Å². The summed E-state index contributed by atoms with van der Waals surface area (Å²) in [4.78, 5) is 19.3. The fraction of sp³-hybridized carbons (Fsp3) is 0.182. The molecule has 1 aromatic carbocycles. The fourth-order valence-corrected chi connectivity index (χ4v) is 0.952. The van der Waals surface area contributed by atoms with Gasteiger partial charge in [-0.2, -0.15) is 4.89 Å². The van der Waals surface area contributed by atoms with Gasteiger partial charge in [-0.1, -0.05) is 29.8 Å². The lowest BCUT2D eigenvalue weighted by atomic mass is 10.1. The molecule has 0 aliphatic carbocycles. The number of hydrogen-bond acceptors (Lipinski definition) is 3. The molecule has 0 fully saturated rings. The van der Waals surface area contributed by atoms with Crippen molar-refractivity contribution in [3.05, 3.63) is 41.5 Å². The average molecular weight is 192 g/mol. The number of carbonyl (C=O) groups excluding carboxylic acids is 1. The molecule has 1 aromatic rings. The lowest BCUT2D eigenvalue weighted by Crippen LogP contribution is -1.97. The van der Waals surface area contributed by atoms with Crippen LogP contribution in [0.2, 0.25) is 0 Å². The van der Waals surface area contributed by atoms with Gasteiger partial charge in [-0.3, -0.25) is 4.89 Å². The number of benzene rings is 1. The minimum Gasteiger partial charge on any atom is -0.294 e. The van der Waals surface area contributed by atoms with Crippen LogP contribution in [0.4, 0.5) is 0 Å². The van der Waals surface area contributed by atoms with E-state index in [0.717, 1.165) is 5.56 Å². The van der Waals surface area contributed by atoms with E-state index in [-0.39, 0.29) is 0 Å². The van der Waals surface area contributed by atoms with Gasteiger partial charge in [-0.05, 0) is 18.6 Å². The number of carbonyl (C=O) groups is 1. The van der Waals surface area contributed by atoms with Crippen molar-refractivity contribution in [1.29, 1.82) is 0 Å². The molecule has 74 valence electrons. The van der Waals surface area contributed by atoms with Gasteiger partial charge in [0.05, 0.1) is 7.11 Å². The highest BCUT2D eigenvalue weighted by Crippen LogP contribution is 2.04. The van der Waals surface area contributed by atoms with Gasteiger partial charge in [0.25, 0.3) is 0 Å².